The van der Waals surface area contributed by atoms with Crippen molar-refractivity contribution in [2.24, 2.45) is 16.1 Å². The van der Waals surface area contributed by atoms with Crippen molar-refractivity contribution in [3.63, 3.8) is 0 Å². The minimum atomic E-state index is -0.399. The number of halogens is 1. The minimum Gasteiger partial charge on any atom is -0.469 e. The molecule has 0 radical (unpaired) electrons. The van der Waals surface area contributed by atoms with Crippen molar-refractivity contribution in [2.45, 2.75) is 51.1 Å². The number of rotatable bonds is 2. The number of carbonyl (C=O) groups excluding carboxylic acids is 1. The van der Waals surface area contributed by atoms with Crippen LogP contribution in [0.5, 0.6) is 0 Å². The predicted molar refractivity (Wildman–Crippen MR) is 95.7 cm³/mol. The van der Waals surface area contributed by atoms with E-state index in [1.807, 2.05) is 11.6 Å². The third-order valence-electron chi connectivity index (χ3n) is 5.25. The van der Waals surface area contributed by atoms with Gasteiger partial charge in [-0.05, 0) is 55.2 Å². The number of carbonyl (C=O) groups is 1. The van der Waals surface area contributed by atoms with E-state index in [1.165, 1.54) is 7.11 Å². The number of nitrogens with two attached hydrogens (primary N) is 1. The van der Waals surface area contributed by atoms with Crippen molar-refractivity contribution in [1.29, 1.82) is 0 Å². The summed E-state index contributed by atoms with van der Waals surface area (Å²) in [6.07, 6.45) is 4.55. The fourth-order valence-electron chi connectivity index (χ4n) is 3.47. The van der Waals surface area contributed by atoms with Gasteiger partial charge in [0, 0.05) is 5.41 Å². The van der Waals surface area contributed by atoms with Crippen molar-refractivity contribution in [3.05, 3.63) is 15.2 Å². The zero-order valence-electron chi connectivity index (χ0n) is 13.6. The Morgan fingerprint density at radius 1 is 1.43 bits per heavy atom. The average molecular weight is 431 g/mol. The van der Waals surface area contributed by atoms with Gasteiger partial charge in [0.15, 0.2) is 0 Å². The van der Waals surface area contributed by atoms with E-state index in [-0.39, 0.29) is 11.4 Å². The molecule has 8 heteroatoms. The van der Waals surface area contributed by atoms with Crippen molar-refractivity contribution in [2.75, 3.05) is 12.5 Å². The minimum absolute atomic E-state index is 0.108. The third kappa shape index (κ3) is 2.65. The lowest BCUT2D eigenvalue weighted by molar-refractivity contribution is -0.154. The highest BCUT2D eigenvalue weighted by Crippen LogP contribution is 2.47. The fraction of sp³-hybridized carbons (Fsp3) is 0.667. The topological polar surface area (TPSA) is 94.5 Å². The van der Waals surface area contributed by atoms with E-state index in [2.05, 4.69) is 39.9 Å². The second-order valence-electron chi connectivity index (χ2n) is 6.91. The van der Waals surface area contributed by atoms with Gasteiger partial charge >= 0.3 is 5.97 Å². The van der Waals surface area contributed by atoms with E-state index in [0.29, 0.717) is 0 Å². The number of hydrogen-bond donors (Lipinski definition) is 2. The highest BCUT2D eigenvalue weighted by molar-refractivity contribution is 14.1. The first-order valence-electron chi connectivity index (χ1n) is 7.71. The molecule has 0 saturated heterocycles. The van der Waals surface area contributed by atoms with Gasteiger partial charge in [-0.2, -0.15) is 0 Å². The monoisotopic (exact) mass is 431 g/mol. The molecule has 1 aliphatic heterocycles. The number of imidazole rings is 1. The molecule has 1 aromatic heterocycles. The summed E-state index contributed by atoms with van der Waals surface area (Å²) in [5.74, 6) is 0.844. The highest BCUT2D eigenvalue weighted by atomic mass is 127. The SMILES string of the molecule is COC(=O)C1(C)CCC(C)(c2nc(I)c3n2NC=NC3N)CC1. The lowest BCUT2D eigenvalue weighted by Crippen LogP contribution is -2.41. The highest BCUT2D eigenvalue weighted by Gasteiger charge is 2.46. The van der Waals surface area contributed by atoms with E-state index in [1.54, 1.807) is 6.34 Å². The van der Waals surface area contributed by atoms with Crippen molar-refractivity contribution in [1.82, 2.24) is 9.66 Å². The van der Waals surface area contributed by atoms with Crippen LogP contribution in [0.15, 0.2) is 4.99 Å². The molecular weight excluding hydrogens is 409 g/mol. The van der Waals surface area contributed by atoms with Gasteiger partial charge in [0.25, 0.3) is 0 Å². The molecule has 1 fully saturated rings. The van der Waals surface area contributed by atoms with Crippen LogP contribution in [0.1, 0.15) is 57.2 Å². The van der Waals surface area contributed by atoms with Crippen LogP contribution in [0.25, 0.3) is 0 Å². The second-order valence-corrected chi connectivity index (χ2v) is 7.93. The van der Waals surface area contributed by atoms with E-state index in [4.69, 9.17) is 15.5 Å². The molecule has 3 rings (SSSR count). The largest absolute Gasteiger partial charge is 0.469 e. The normalized spacial score (nSPS) is 33.0. The van der Waals surface area contributed by atoms with Crippen molar-refractivity contribution < 1.29 is 9.53 Å². The van der Waals surface area contributed by atoms with Gasteiger partial charge in [-0.25, -0.2) is 14.7 Å². The molecule has 3 N–H and O–H groups in total. The van der Waals surface area contributed by atoms with E-state index in [0.717, 1.165) is 40.9 Å². The van der Waals surface area contributed by atoms with Gasteiger partial charge in [0.1, 0.15) is 27.7 Å². The van der Waals surface area contributed by atoms with Crippen LogP contribution in [-0.2, 0) is 14.9 Å². The summed E-state index contributed by atoms with van der Waals surface area (Å²) in [7, 11) is 1.46. The quantitative estimate of drug-likeness (QED) is 0.552. The smallest absolute Gasteiger partial charge is 0.311 e. The Balaban J connectivity index is 1.90. The van der Waals surface area contributed by atoms with Gasteiger partial charge in [-0.3, -0.25) is 10.2 Å². The molecule has 1 unspecified atom stereocenters. The van der Waals surface area contributed by atoms with Crippen LogP contribution in [0.3, 0.4) is 0 Å². The van der Waals surface area contributed by atoms with Gasteiger partial charge in [-0.1, -0.05) is 6.92 Å². The number of fused-ring (bicyclic) bond motifs is 1. The molecule has 2 aliphatic rings. The van der Waals surface area contributed by atoms with Crippen LogP contribution < -0.4 is 11.2 Å². The first-order chi connectivity index (χ1) is 10.8. The summed E-state index contributed by atoms with van der Waals surface area (Å²) in [5, 5.41) is 0. The zero-order valence-corrected chi connectivity index (χ0v) is 15.8. The number of methoxy groups -OCH3 is 1. The standard InChI is InChI=1S/C15H22IN5O2/c1-14(4-6-15(2,7-5-14)13(22)23-3)12-20-10(16)9-11(17)18-8-19-21(9)12/h8,11H,4-7,17H2,1-3H3,(H,18,19). The number of aliphatic imine (C=N–C) groups is 1. The zero-order chi connectivity index (χ0) is 16.8. The molecule has 126 valence electrons. The number of ether oxygens (including phenoxy) is 1. The molecule has 7 nitrogen and oxygen atoms in total. The number of nitrogens with one attached hydrogen (secondary N) is 1. The van der Waals surface area contributed by atoms with Gasteiger partial charge in [0.05, 0.1) is 12.5 Å². The van der Waals surface area contributed by atoms with Gasteiger partial charge in [0.2, 0.25) is 0 Å². The second kappa shape index (κ2) is 5.73. The molecule has 2 heterocycles. The predicted octanol–water partition coefficient (Wildman–Crippen LogP) is 2.04. The molecule has 0 aromatic carbocycles. The number of nitrogens with zero attached hydrogens (tertiary/aromatic N) is 3. The summed E-state index contributed by atoms with van der Waals surface area (Å²) in [6.45, 7) is 4.19. The van der Waals surface area contributed by atoms with Crippen LogP contribution in [-0.4, -0.2) is 29.1 Å². The number of aromatic nitrogens is 2. The maximum Gasteiger partial charge on any atom is 0.311 e. The van der Waals surface area contributed by atoms with Gasteiger partial charge < -0.3 is 10.5 Å². The summed E-state index contributed by atoms with van der Waals surface area (Å²) >= 11 is 2.21. The molecule has 1 saturated carbocycles. The summed E-state index contributed by atoms with van der Waals surface area (Å²) in [6, 6.07) is 0. The van der Waals surface area contributed by atoms with Crippen LogP contribution in [0.2, 0.25) is 0 Å². The molecule has 0 spiro atoms. The fourth-order valence-corrected chi connectivity index (χ4v) is 4.25. The molecule has 1 aromatic rings. The Hall–Kier alpha value is -1.16. The Labute approximate surface area is 149 Å². The molecule has 1 atom stereocenters. The summed E-state index contributed by atoms with van der Waals surface area (Å²) < 4.78 is 7.80. The molecular formula is C15H22IN5O2. The van der Waals surface area contributed by atoms with Crippen LogP contribution in [0.4, 0.5) is 0 Å². The van der Waals surface area contributed by atoms with Gasteiger partial charge in [-0.15, -0.1) is 0 Å². The van der Waals surface area contributed by atoms with Crippen LogP contribution in [0, 0.1) is 9.12 Å². The maximum absolute atomic E-state index is 12.0. The summed E-state index contributed by atoms with van der Waals surface area (Å²) in [5.41, 5.74) is 9.60. The average Bonchev–Trinajstić information content (AvgIpc) is 2.89. The van der Waals surface area contributed by atoms with E-state index in [9.17, 15) is 4.79 Å². The third-order valence-corrected chi connectivity index (χ3v) is 6.04. The lowest BCUT2D eigenvalue weighted by Gasteiger charge is -2.41. The molecule has 23 heavy (non-hydrogen) atoms. The first kappa shape index (κ1) is 16.7. The lowest BCUT2D eigenvalue weighted by atomic mass is 9.65. The Bertz CT molecular complexity index is 661. The van der Waals surface area contributed by atoms with Crippen LogP contribution >= 0.6 is 22.6 Å². The number of hydrogen-bond acceptors (Lipinski definition) is 6. The molecule has 0 amide bonds. The Kier molecular flexibility index (Phi) is 4.16. The van der Waals surface area contributed by atoms with E-state index >= 15 is 0 Å². The Morgan fingerprint density at radius 2 is 2.09 bits per heavy atom. The molecule has 1 aliphatic carbocycles. The molecule has 0 bridgehead atoms. The first-order valence-corrected chi connectivity index (χ1v) is 8.79. The van der Waals surface area contributed by atoms with Crippen molar-refractivity contribution >= 4 is 34.9 Å². The maximum atomic E-state index is 12.0. The van der Waals surface area contributed by atoms with Crippen molar-refractivity contribution in [3.8, 4) is 0 Å². The van der Waals surface area contributed by atoms with E-state index < -0.39 is 11.6 Å². The Morgan fingerprint density at radius 3 is 2.70 bits per heavy atom. The summed E-state index contributed by atoms with van der Waals surface area (Å²) in [4.78, 5) is 21.0. The number of esters is 1.